The van der Waals surface area contributed by atoms with Crippen LogP contribution in [0.25, 0.3) is 0 Å². The number of carbonyl (C=O) groups is 2. The summed E-state index contributed by atoms with van der Waals surface area (Å²) in [6.45, 7) is 9.42. The number of aromatic nitrogens is 1. The van der Waals surface area contributed by atoms with Crippen LogP contribution in [0.1, 0.15) is 53.3 Å². The van der Waals surface area contributed by atoms with Crippen LogP contribution in [0.3, 0.4) is 0 Å². The third-order valence-corrected chi connectivity index (χ3v) is 4.88. The van der Waals surface area contributed by atoms with Gasteiger partial charge in [0, 0.05) is 33.7 Å². The molecule has 7 nitrogen and oxygen atoms in total. The molecule has 1 aromatic carbocycles. The smallest absolute Gasteiger partial charge is 0.409 e. The number of terminal acetylenes is 1. The average Bonchev–Trinajstić information content (AvgIpc) is 2.82. The molecule has 1 heterocycles. The highest BCUT2D eigenvalue weighted by Gasteiger charge is 2.11. The molecular weight excluding hydrogens is 416 g/mol. The molecule has 3 amide bonds. The van der Waals surface area contributed by atoms with Gasteiger partial charge in [0.25, 0.3) is 0 Å². The van der Waals surface area contributed by atoms with Crippen LogP contribution in [0.4, 0.5) is 21.0 Å². The van der Waals surface area contributed by atoms with Gasteiger partial charge < -0.3 is 20.3 Å². The minimum Gasteiger partial charge on any atom is -0.453 e. The number of methoxy groups -OCH3 is 1. The molecular formula is C26H40N4O3. The fourth-order valence-electron chi connectivity index (χ4n) is 3.22. The Morgan fingerprint density at radius 1 is 1.12 bits per heavy atom. The van der Waals surface area contributed by atoms with E-state index in [0.717, 1.165) is 30.6 Å². The standard InChI is InChI=1S/C17H21N3O.C9H15NO2.2H2/c1-4-13-7-6-8-16(15(13)5-2)20-17(21)19-14-10-9-12(3)18-11-14;1-4-6-8-10(7-5-2)9(11)12-3;;/h6-11H,4-5H2,1-3H3,(H2,19,20,21);1H,5-8H2,2-3H3;2*1H. The van der Waals surface area contributed by atoms with Crippen LogP contribution in [-0.2, 0) is 17.6 Å². The Kier molecular flexibility index (Phi) is 12.8. The van der Waals surface area contributed by atoms with Crippen molar-refractivity contribution in [3.63, 3.8) is 0 Å². The van der Waals surface area contributed by atoms with E-state index in [9.17, 15) is 9.59 Å². The fraction of sp³-hybridized carbons (Fsp3) is 0.423. The number of nitrogens with one attached hydrogen (secondary N) is 2. The summed E-state index contributed by atoms with van der Waals surface area (Å²) in [5.41, 5.74) is 4.94. The number of ether oxygens (including phenoxy) is 1. The molecule has 0 aliphatic rings. The Bertz CT molecular complexity index is 931. The average molecular weight is 457 g/mol. The zero-order chi connectivity index (χ0) is 24.6. The first-order chi connectivity index (χ1) is 15.9. The van der Waals surface area contributed by atoms with Gasteiger partial charge in [-0.05, 0) is 55.5 Å². The van der Waals surface area contributed by atoms with Crippen molar-refractivity contribution < 1.29 is 17.2 Å². The predicted octanol–water partition coefficient (Wildman–Crippen LogP) is 6.14. The van der Waals surface area contributed by atoms with Crippen molar-refractivity contribution in [2.24, 2.45) is 0 Å². The van der Waals surface area contributed by atoms with Crippen molar-refractivity contribution in [2.45, 2.75) is 53.4 Å². The first kappa shape index (κ1) is 27.5. The molecule has 2 rings (SSSR count). The molecule has 0 aliphatic carbocycles. The maximum absolute atomic E-state index is 12.1. The molecule has 0 saturated heterocycles. The summed E-state index contributed by atoms with van der Waals surface area (Å²) in [4.78, 5) is 28.9. The zero-order valence-electron chi connectivity index (χ0n) is 20.4. The second-order valence-corrected chi connectivity index (χ2v) is 7.33. The van der Waals surface area contributed by atoms with Gasteiger partial charge in [0.05, 0.1) is 19.0 Å². The number of hydrogen-bond donors (Lipinski definition) is 2. The minimum atomic E-state index is -0.299. The van der Waals surface area contributed by atoms with E-state index in [1.165, 1.54) is 18.2 Å². The quantitative estimate of drug-likeness (QED) is 0.467. The lowest BCUT2D eigenvalue weighted by molar-refractivity contribution is 0.124. The van der Waals surface area contributed by atoms with Gasteiger partial charge in [-0.3, -0.25) is 4.98 Å². The van der Waals surface area contributed by atoms with Gasteiger partial charge in [0.15, 0.2) is 0 Å². The van der Waals surface area contributed by atoms with Crippen LogP contribution >= 0.6 is 0 Å². The molecule has 33 heavy (non-hydrogen) atoms. The predicted molar refractivity (Wildman–Crippen MR) is 139 cm³/mol. The SMILES string of the molecule is C#CCCN(CCC)C(=O)OC.CCc1cccc(NC(=O)Nc2ccc(C)nc2)c1CC.[HH].[HH]. The molecule has 2 N–H and O–H groups in total. The van der Waals surface area contributed by atoms with E-state index >= 15 is 0 Å². The van der Waals surface area contributed by atoms with Gasteiger partial charge >= 0.3 is 12.1 Å². The topological polar surface area (TPSA) is 83.6 Å². The number of nitrogens with zero attached hydrogens (tertiary/aromatic N) is 2. The van der Waals surface area contributed by atoms with Crippen molar-refractivity contribution >= 4 is 23.5 Å². The number of hydrogen-bond acceptors (Lipinski definition) is 4. The normalized spacial score (nSPS) is 9.70. The summed E-state index contributed by atoms with van der Waals surface area (Å²) in [6, 6.07) is 9.47. The summed E-state index contributed by atoms with van der Waals surface area (Å²) in [5.74, 6) is 2.49. The summed E-state index contributed by atoms with van der Waals surface area (Å²) in [6.07, 6.45) is 9.79. The Labute approximate surface area is 200 Å². The van der Waals surface area contributed by atoms with Gasteiger partial charge in [0.1, 0.15) is 0 Å². The van der Waals surface area contributed by atoms with Crippen molar-refractivity contribution in [1.29, 1.82) is 0 Å². The molecule has 0 spiro atoms. The molecule has 0 fully saturated rings. The number of anilines is 2. The van der Waals surface area contributed by atoms with Crippen molar-refractivity contribution in [3.8, 4) is 12.3 Å². The lowest BCUT2D eigenvalue weighted by Gasteiger charge is -2.18. The van der Waals surface area contributed by atoms with Crippen molar-refractivity contribution in [1.82, 2.24) is 9.88 Å². The molecule has 182 valence electrons. The van der Waals surface area contributed by atoms with Gasteiger partial charge in [-0.2, -0.15) is 0 Å². The maximum Gasteiger partial charge on any atom is 0.409 e. The van der Waals surface area contributed by atoms with E-state index in [-0.39, 0.29) is 15.0 Å². The Hall–Kier alpha value is -3.53. The highest BCUT2D eigenvalue weighted by molar-refractivity contribution is 6.00. The number of urea groups is 1. The van der Waals surface area contributed by atoms with E-state index in [2.05, 4.69) is 46.2 Å². The van der Waals surface area contributed by atoms with Crippen molar-refractivity contribution in [3.05, 3.63) is 53.3 Å². The highest BCUT2D eigenvalue weighted by atomic mass is 16.5. The first-order valence-electron chi connectivity index (χ1n) is 11.3. The lowest BCUT2D eigenvalue weighted by Crippen LogP contribution is -2.32. The van der Waals surface area contributed by atoms with E-state index in [4.69, 9.17) is 6.42 Å². The van der Waals surface area contributed by atoms with E-state index in [0.29, 0.717) is 25.2 Å². The van der Waals surface area contributed by atoms with Gasteiger partial charge in [0.2, 0.25) is 0 Å². The Balaban J connectivity index is 0. The summed E-state index contributed by atoms with van der Waals surface area (Å²) >= 11 is 0. The summed E-state index contributed by atoms with van der Waals surface area (Å²) in [5, 5.41) is 5.72. The van der Waals surface area contributed by atoms with Gasteiger partial charge in [-0.15, -0.1) is 12.3 Å². The molecule has 1 aromatic heterocycles. The Morgan fingerprint density at radius 2 is 1.88 bits per heavy atom. The molecule has 7 heteroatoms. The number of aryl methyl sites for hydroxylation is 2. The van der Waals surface area contributed by atoms with Gasteiger partial charge in [-0.1, -0.05) is 32.9 Å². The largest absolute Gasteiger partial charge is 0.453 e. The van der Waals surface area contributed by atoms with Crippen LogP contribution in [0.5, 0.6) is 0 Å². The second kappa shape index (κ2) is 15.3. The van der Waals surface area contributed by atoms with Crippen LogP contribution in [-0.4, -0.2) is 42.2 Å². The number of amides is 3. The molecule has 0 unspecified atom stereocenters. The maximum atomic E-state index is 12.1. The summed E-state index contributed by atoms with van der Waals surface area (Å²) < 4.78 is 4.58. The van der Waals surface area contributed by atoms with Gasteiger partial charge in [-0.25, -0.2) is 9.59 Å². The number of carbonyl (C=O) groups excluding carboxylic acids is 2. The molecule has 0 aliphatic heterocycles. The van der Waals surface area contributed by atoms with Crippen LogP contribution in [0.2, 0.25) is 0 Å². The molecule has 2 aromatic rings. The second-order valence-electron chi connectivity index (χ2n) is 7.33. The van der Waals surface area contributed by atoms with Crippen LogP contribution in [0.15, 0.2) is 36.5 Å². The van der Waals surface area contributed by atoms with E-state index in [1.54, 1.807) is 11.1 Å². The number of benzene rings is 1. The molecule has 0 bridgehead atoms. The number of pyridine rings is 1. The first-order valence-corrected chi connectivity index (χ1v) is 11.3. The van der Waals surface area contributed by atoms with E-state index < -0.39 is 0 Å². The molecule has 0 atom stereocenters. The highest BCUT2D eigenvalue weighted by Crippen LogP contribution is 2.21. The van der Waals surface area contributed by atoms with Crippen molar-refractivity contribution in [2.75, 3.05) is 30.8 Å². The summed E-state index contributed by atoms with van der Waals surface area (Å²) in [7, 11) is 1.38. The fourth-order valence-corrected chi connectivity index (χ4v) is 3.22. The van der Waals surface area contributed by atoms with Crippen LogP contribution in [0, 0.1) is 19.3 Å². The number of rotatable bonds is 8. The van der Waals surface area contributed by atoms with E-state index in [1.807, 2.05) is 38.1 Å². The monoisotopic (exact) mass is 456 g/mol. The zero-order valence-corrected chi connectivity index (χ0v) is 20.4. The minimum absolute atomic E-state index is 0. The third kappa shape index (κ3) is 9.65. The van der Waals surface area contributed by atoms with Crippen LogP contribution < -0.4 is 10.6 Å². The lowest BCUT2D eigenvalue weighted by atomic mass is 10.0. The Morgan fingerprint density at radius 3 is 2.42 bits per heavy atom. The molecule has 0 radical (unpaired) electrons. The molecule has 0 saturated carbocycles. The third-order valence-electron chi connectivity index (χ3n) is 4.88.